The second-order valence-electron chi connectivity index (χ2n) is 9.28. The van der Waals surface area contributed by atoms with Gasteiger partial charge in [-0.2, -0.15) is 0 Å². The van der Waals surface area contributed by atoms with Crippen LogP contribution >= 0.6 is 23.2 Å². The molecule has 0 spiro atoms. The fourth-order valence-electron chi connectivity index (χ4n) is 4.49. The molecule has 3 aromatic carbocycles. The van der Waals surface area contributed by atoms with E-state index in [1.165, 1.54) is 0 Å². The minimum absolute atomic E-state index is 0.126. The number of nitrogens with one attached hydrogen (secondary N) is 1. The van der Waals surface area contributed by atoms with E-state index >= 15 is 0 Å². The smallest absolute Gasteiger partial charge is 0.273 e. The Kier molecular flexibility index (Phi) is 7.00. The molecular formula is C30H26Cl2N4O. The van der Waals surface area contributed by atoms with Crippen molar-refractivity contribution in [3.63, 3.8) is 0 Å². The Bertz CT molecular complexity index is 1580. The summed E-state index contributed by atoms with van der Waals surface area (Å²) in [5.74, 6) is 0.612. The number of aryl methyl sites for hydroxylation is 1. The maximum atomic E-state index is 14.0. The average Bonchev–Trinajstić information content (AvgIpc) is 3.21. The van der Waals surface area contributed by atoms with Gasteiger partial charge in [0.15, 0.2) is 0 Å². The lowest BCUT2D eigenvalue weighted by molar-refractivity contribution is 0.102. The summed E-state index contributed by atoms with van der Waals surface area (Å²) in [6.07, 6.45) is 0.548. The molecule has 0 aliphatic rings. The molecule has 0 radical (unpaired) electrons. The summed E-state index contributed by atoms with van der Waals surface area (Å²) in [5.41, 5.74) is 5.45. The first-order chi connectivity index (χ1) is 17.8. The van der Waals surface area contributed by atoms with Gasteiger partial charge in [-0.3, -0.25) is 9.36 Å². The Morgan fingerprint density at radius 1 is 0.892 bits per heavy atom. The van der Waals surface area contributed by atoms with Gasteiger partial charge in [0.2, 0.25) is 0 Å². The molecule has 0 aliphatic carbocycles. The molecule has 1 amide bonds. The molecular weight excluding hydrogens is 503 g/mol. The minimum atomic E-state index is -0.244. The molecule has 0 aliphatic heterocycles. The molecule has 5 aromatic rings. The van der Waals surface area contributed by atoms with Crippen LogP contribution in [-0.2, 0) is 6.42 Å². The molecule has 0 fully saturated rings. The lowest BCUT2D eigenvalue weighted by atomic mass is 10.0. The van der Waals surface area contributed by atoms with E-state index in [1.807, 2.05) is 54.0 Å². The largest absolute Gasteiger partial charge is 0.321 e. The molecule has 0 atom stereocenters. The number of fused-ring (bicyclic) bond motifs is 1. The highest BCUT2D eigenvalue weighted by Gasteiger charge is 2.27. The summed E-state index contributed by atoms with van der Waals surface area (Å²) in [7, 11) is 0. The molecule has 0 saturated carbocycles. The predicted octanol–water partition coefficient (Wildman–Crippen LogP) is 8.00. The number of rotatable bonds is 6. The quantitative estimate of drug-likeness (QED) is 0.242. The Morgan fingerprint density at radius 3 is 2.14 bits per heavy atom. The third-order valence-corrected chi connectivity index (χ3v) is 6.76. The molecule has 1 N–H and O–H groups in total. The van der Waals surface area contributed by atoms with E-state index in [0.29, 0.717) is 33.5 Å². The molecule has 2 aromatic heterocycles. The van der Waals surface area contributed by atoms with Gasteiger partial charge >= 0.3 is 0 Å². The second-order valence-corrected chi connectivity index (χ2v) is 10.2. The van der Waals surface area contributed by atoms with Crippen molar-refractivity contribution in [1.82, 2.24) is 14.5 Å². The first kappa shape index (κ1) is 25.0. The van der Waals surface area contributed by atoms with E-state index < -0.39 is 0 Å². The lowest BCUT2D eigenvalue weighted by Crippen LogP contribution is -2.18. The Morgan fingerprint density at radius 2 is 1.51 bits per heavy atom. The fraction of sp³-hybridized carbons (Fsp3) is 0.167. The zero-order valence-corrected chi connectivity index (χ0v) is 22.3. The highest BCUT2D eigenvalue weighted by molar-refractivity contribution is 6.31. The number of hydrogen-bond acceptors (Lipinski definition) is 3. The molecule has 2 heterocycles. The maximum Gasteiger partial charge on any atom is 0.273 e. The van der Waals surface area contributed by atoms with Crippen molar-refractivity contribution in [2.45, 2.75) is 33.1 Å². The second kappa shape index (κ2) is 10.4. The van der Waals surface area contributed by atoms with Crippen LogP contribution in [0.2, 0.25) is 10.0 Å². The van der Waals surface area contributed by atoms with Gasteiger partial charge in [-0.25, -0.2) is 9.97 Å². The normalized spacial score (nSPS) is 11.3. The van der Waals surface area contributed by atoms with Crippen LogP contribution in [0, 0.1) is 6.92 Å². The van der Waals surface area contributed by atoms with Crippen molar-refractivity contribution in [3.05, 3.63) is 117 Å². The number of aromatic nitrogens is 3. The first-order valence-electron chi connectivity index (χ1n) is 12.1. The van der Waals surface area contributed by atoms with Crippen molar-refractivity contribution >= 4 is 45.8 Å². The zero-order valence-electron chi connectivity index (χ0n) is 20.8. The summed E-state index contributed by atoms with van der Waals surface area (Å²) in [6, 6.07) is 24.6. The lowest BCUT2D eigenvalue weighted by Gasteiger charge is -2.13. The molecule has 0 saturated heterocycles. The van der Waals surface area contributed by atoms with Crippen molar-refractivity contribution in [2.24, 2.45) is 0 Å². The standard InChI is InChI=1S/C30H26Cl2N4O/c1-18(2)28-33-19(3)26-25(17-20-7-5-4-6-8-20)27(30(37)34-23-13-9-21(31)10-14-23)36(29(26)35-28)24-15-11-22(32)12-16-24/h4-16,18H,17H2,1-3H3,(H,34,37). The summed E-state index contributed by atoms with van der Waals surface area (Å²) in [6.45, 7) is 6.11. The van der Waals surface area contributed by atoms with Gasteiger partial charge in [-0.1, -0.05) is 67.4 Å². The number of halogens is 2. The van der Waals surface area contributed by atoms with Crippen LogP contribution in [-0.4, -0.2) is 20.4 Å². The van der Waals surface area contributed by atoms with Crippen LogP contribution in [0.5, 0.6) is 0 Å². The van der Waals surface area contributed by atoms with Crippen LogP contribution < -0.4 is 5.32 Å². The maximum absolute atomic E-state index is 14.0. The minimum Gasteiger partial charge on any atom is -0.321 e. The number of anilines is 1. The summed E-state index contributed by atoms with van der Waals surface area (Å²) in [4.78, 5) is 23.8. The number of amides is 1. The van der Waals surface area contributed by atoms with Crippen molar-refractivity contribution in [2.75, 3.05) is 5.32 Å². The van der Waals surface area contributed by atoms with E-state index in [-0.39, 0.29) is 11.8 Å². The van der Waals surface area contributed by atoms with E-state index in [0.717, 1.165) is 33.7 Å². The van der Waals surface area contributed by atoms with Crippen molar-refractivity contribution < 1.29 is 4.79 Å². The Labute approximate surface area is 226 Å². The molecule has 5 rings (SSSR count). The van der Waals surface area contributed by atoms with Crippen LogP contribution in [0.15, 0.2) is 78.9 Å². The van der Waals surface area contributed by atoms with Crippen LogP contribution in [0.3, 0.4) is 0 Å². The third kappa shape index (κ3) is 5.10. The molecule has 37 heavy (non-hydrogen) atoms. The summed E-state index contributed by atoms with van der Waals surface area (Å²) < 4.78 is 1.93. The van der Waals surface area contributed by atoms with Gasteiger partial charge in [0.1, 0.15) is 17.2 Å². The SMILES string of the molecule is Cc1nc(C(C)C)nc2c1c(Cc1ccccc1)c(C(=O)Nc1ccc(Cl)cc1)n2-c1ccc(Cl)cc1. The highest BCUT2D eigenvalue weighted by atomic mass is 35.5. The zero-order chi connectivity index (χ0) is 26.1. The van der Waals surface area contributed by atoms with Gasteiger partial charge < -0.3 is 5.32 Å². The molecule has 0 unspecified atom stereocenters. The molecule has 0 bridgehead atoms. The van der Waals surface area contributed by atoms with Crippen LogP contribution in [0.25, 0.3) is 16.7 Å². The topological polar surface area (TPSA) is 59.8 Å². The number of nitrogens with zero attached hydrogens (tertiary/aromatic N) is 3. The van der Waals surface area contributed by atoms with E-state index in [1.54, 1.807) is 24.3 Å². The molecule has 186 valence electrons. The molecule has 7 heteroatoms. The number of benzene rings is 3. The number of carbonyl (C=O) groups is 1. The van der Waals surface area contributed by atoms with Crippen LogP contribution in [0.4, 0.5) is 5.69 Å². The van der Waals surface area contributed by atoms with Gasteiger partial charge in [0.05, 0.1) is 5.69 Å². The van der Waals surface area contributed by atoms with E-state index in [2.05, 4.69) is 31.3 Å². The van der Waals surface area contributed by atoms with Gasteiger partial charge in [0, 0.05) is 39.1 Å². The Hall–Kier alpha value is -3.67. The fourth-order valence-corrected chi connectivity index (χ4v) is 4.74. The van der Waals surface area contributed by atoms with Crippen molar-refractivity contribution in [1.29, 1.82) is 0 Å². The van der Waals surface area contributed by atoms with Crippen molar-refractivity contribution in [3.8, 4) is 5.69 Å². The monoisotopic (exact) mass is 528 g/mol. The van der Waals surface area contributed by atoms with E-state index in [4.69, 9.17) is 33.2 Å². The highest BCUT2D eigenvalue weighted by Crippen LogP contribution is 2.34. The molecule has 5 nitrogen and oxygen atoms in total. The van der Waals surface area contributed by atoms with Gasteiger partial charge in [-0.05, 0) is 66.6 Å². The Balaban J connectivity index is 1.81. The number of carbonyl (C=O) groups excluding carboxylic acids is 1. The van der Waals surface area contributed by atoms with Crippen LogP contribution in [0.1, 0.15) is 52.9 Å². The predicted molar refractivity (Wildman–Crippen MR) is 151 cm³/mol. The van der Waals surface area contributed by atoms with E-state index in [9.17, 15) is 4.79 Å². The summed E-state index contributed by atoms with van der Waals surface area (Å²) in [5, 5.41) is 5.16. The van der Waals surface area contributed by atoms with Gasteiger partial charge in [-0.15, -0.1) is 0 Å². The first-order valence-corrected chi connectivity index (χ1v) is 12.9. The average molecular weight is 529 g/mol. The number of hydrogen-bond donors (Lipinski definition) is 1. The summed E-state index contributed by atoms with van der Waals surface area (Å²) >= 11 is 12.3. The third-order valence-electron chi connectivity index (χ3n) is 6.25. The van der Waals surface area contributed by atoms with Gasteiger partial charge in [0.25, 0.3) is 5.91 Å².